The zero-order valence-corrected chi connectivity index (χ0v) is 10.1. The molecule has 92 valence electrons. The lowest BCUT2D eigenvalue weighted by Crippen LogP contribution is -2.32. The summed E-state index contributed by atoms with van der Waals surface area (Å²) in [7, 11) is 0. The van der Waals surface area contributed by atoms with Crippen LogP contribution >= 0.6 is 11.6 Å². The molecule has 2 aromatic rings. The summed E-state index contributed by atoms with van der Waals surface area (Å²) in [5.41, 5.74) is 0.505. The van der Waals surface area contributed by atoms with E-state index in [1.165, 1.54) is 23.3 Å². The number of hydrogen-bond acceptors (Lipinski definition) is 3. The van der Waals surface area contributed by atoms with E-state index in [0.717, 1.165) is 0 Å². The molecule has 18 heavy (non-hydrogen) atoms. The normalized spacial score (nSPS) is 10.1. The molecule has 0 aliphatic rings. The second kappa shape index (κ2) is 5.46. The number of hydrogen-bond donors (Lipinski definition) is 1. The van der Waals surface area contributed by atoms with Crippen molar-refractivity contribution in [2.75, 3.05) is 6.54 Å². The third-order valence-corrected chi connectivity index (χ3v) is 2.56. The summed E-state index contributed by atoms with van der Waals surface area (Å²) in [5, 5.41) is 3.06. The van der Waals surface area contributed by atoms with Gasteiger partial charge in [0.1, 0.15) is 6.33 Å². The van der Waals surface area contributed by atoms with E-state index in [9.17, 15) is 9.59 Å². The molecule has 0 aliphatic heterocycles. The molecule has 1 N–H and O–H groups in total. The van der Waals surface area contributed by atoms with Gasteiger partial charge in [-0.2, -0.15) is 0 Å². The van der Waals surface area contributed by atoms with Gasteiger partial charge in [0, 0.05) is 23.0 Å². The van der Waals surface area contributed by atoms with Gasteiger partial charge in [0.2, 0.25) is 0 Å². The van der Waals surface area contributed by atoms with Crippen LogP contribution in [0.3, 0.4) is 0 Å². The van der Waals surface area contributed by atoms with Gasteiger partial charge in [0.25, 0.3) is 0 Å². The molecule has 0 spiro atoms. The quantitative estimate of drug-likeness (QED) is 0.861. The van der Waals surface area contributed by atoms with Crippen molar-refractivity contribution < 1.29 is 9.59 Å². The Morgan fingerprint density at radius 3 is 2.61 bits per heavy atom. The highest BCUT2D eigenvalue weighted by Crippen LogP contribution is 2.09. The molecule has 1 heterocycles. The van der Waals surface area contributed by atoms with Crippen molar-refractivity contribution in [3.8, 4) is 0 Å². The number of imidazole rings is 1. The number of Topliss-reactive ketones (excluding diaryl/α,β-unsaturated/α-hetero) is 1. The van der Waals surface area contributed by atoms with Crippen molar-refractivity contribution in [1.29, 1.82) is 0 Å². The molecule has 0 aliphatic carbocycles. The number of amides is 1. The number of halogens is 1. The van der Waals surface area contributed by atoms with Crippen LogP contribution in [-0.4, -0.2) is 27.9 Å². The molecule has 0 saturated carbocycles. The Morgan fingerprint density at radius 2 is 2.00 bits per heavy atom. The number of benzene rings is 1. The first-order valence-corrected chi connectivity index (χ1v) is 5.59. The van der Waals surface area contributed by atoms with Gasteiger partial charge in [-0.3, -0.25) is 9.36 Å². The molecule has 0 saturated heterocycles. The van der Waals surface area contributed by atoms with Crippen LogP contribution in [0.5, 0.6) is 0 Å². The van der Waals surface area contributed by atoms with Gasteiger partial charge in [0.05, 0.1) is 6.54 Å². The zero-order valence-electron chi connectivity index (χ0n) is 9.34. The third-order valence-electron chi connectivity index (χ3n) is 2.31. The Bertz CT molecular complexity index is 549. The SMILES string of the molecule is O=C(CNC(=O)n1ccnc1)c1ccc(Cl)cc1. The summed E-state index contributed by atoms with van der Waals surface area (Å²) in [4.78, 5) is 27.0. The Morgan fingerprint density at radius 1 is 1.28 bits per heavy atom. The predicted octanol–water partition coefficient (Wildman–Crippen LogP) is 1.98. The van der Waals surface area contributed by atoms with E-state index >= 15 is 0 Å². The van der Waals surface area contributed by atoms with Crippen molar-refractivity contribution in [1.82, 2.24) is 14.9 Å². The van der Waals surface area contributed by atoms with E-state index in [-0.39, 0.29) is 12.3 Å². The van der Waals surface area contributed by atoms with Crippen molar-refractivity contribution in [3.63, 3.8) is 0 Å². The second-order valence-electron chi connectivity index (χ2n) is 3.56. The van der Waals surface area contributed by atoms with Crippen LogP contribution in [0, 0.1) is 0 Å². The summed E-state index contributed by atoms with van der Waals surface area (Å²) >= 11 is 5.72. The van der Waals surface area contributed by atoms with E-state index in [1.807, 2.05) is 0 Å². The minimum atomic E-state index is -0.394. The first-order chi connectivity index (χ1) is 8.66. The van der Waals surface area contributed by atoms with Crippen LogP contribution in [-0.2, 0) is 0 Å². The van der Waals surface area contributed by atoms with E-state index in [1.54, 1.807) is 24.3 Å². The van der Waals surface area contributed by atoms with Crippen LogP contribution in [0.4, 0.5) is 4.79 Å². The van der Waals surface area contributed by atoms with E-state index in [4.69, 9.17) is 11.6 Å². The lowest BCUT2D eigenvalue weighted by atomic mass is 10.1. The smallest absolute Gasteiger partial charge is 0.327 e. The summed E-state index contributed by atoms with van der Waals surface area (Å²) in [6, 6.07) is 6.11. The lowest BCUT2D eigenvalue weighted by molar-refractivity contribution is 0.0992. The van der Waals surface area contributed by atoms with Gasteiger partial charge in [0.15, 0.2) is 5.78 Å². The molecule has 0 unspecified atom stereocenters. The second-order valence-corrected chi connectivity index (χ2v) is 4.00. The summed E-state index contributed by atoms with van der Waals surface area (Å²) in [6.07, 6.45) is 4.35. The van der Waals surface area contributed by atoms with E-state index in [2.05, 4.69) is 10.3 Å². The molecular formula is C12H10ClN3O2. The Balaban J connectivity index is 1.92. The van der Waals surface area contributed by atoms with Crippen LogP contribution < -0.4 is 5.32 Å². The van der Waals surface area contributed by atoms with Crippen LogP contribution in [0.15, 0.2) is 43.0 Å². The van der Waals surface area contributed by atoms with Crippen LogP contribution in [0.1, 0.15) is 10.4 Å². The number of rotatable bonds is 3. The maximum Gasteiger partial charge on any atom is 0.327 e. The van der Waals surface area contributed by atoms with Gasteiger partial charge < -0.3 is 5.32 Å². The number of nitrogens with one attached hydrogen (secondary N) is 1. The average molecular weight is 264 g/mol. The zero-order chi connectivity index (χ0) is 13.0. The molecule has 0 fully saturated rings. The van der Waals surface area contributed by atoms with Crippen LogP contribution in [0.25, 0.3) is 0 Å². The first kappa shape index (κ1) is 12.3. The number of carbonyl (C=O) groups excluding carboxylic acids is 2. The molecule has 5 nitrogen and oxygen atoms in total. The number of nitrogens with zero attached hydrogens (tertiary/aromatic N) is 2. The largest absolute Gasteiger partial charge is 0.330 e. The summed E-state index contributed by atoms with van der Waals surface area (Å²) < 4.78 is 1.26. The highest BCUT2D eigenvalue weighted by molar-refractivity contribution is 6.30. The van der Waals surface area contributed by atoms with Crippen molar-refractivity contribution in [2.24, 2.45) is 0 Å². The van der Waals surface area contributed by atoms with Gasteiger partial charge in [-0.05, 0) is 24.3 Å². The maximum absolute atomic E-state index is 11.7. The standard InChI is InChI=1S/C12H10ClN3O2/c13-10-3-1-9(2-4-10)11(17)7-15-12(18)16-6-5-14-8-16/h1-6,8H,7H2,(H,15,18). The molecular weight excluding hydrogens is 254 g/mol. The van der Waals surface area contributed by atoms with E-state index < -0.39 is 6.03 Å². The monoisotopic (exact) mass is 263 g/mol. The molecule has 0 radical (unpaired) electrons. The molecule has 6 heteroatoms. The molecule has 0 atom stereocenters. The van der Waals surface area contributed by atoms with Gasteiger partial charge >= 0.3 is 6.03 Å². The number of aromatic nitrogens is 2. The predicted molar refractivity (Wildman–Crippen MR) is 66.8 cm³/mol. The Labute approximate surface area is 108 Å². The van der Waals surface area contributed by atoms with Gasteiger partial charge in [-0.15, -0.1) is 0 Å². The molecule has 1 aromatic heterocycles. The van der Waals surface area contributed by atoms with Crippen LogP contribution in [0.2, 0.25) is 5.02 Å². The molecule has 1 aromatic carbocycles. The lowest BCUT2D eigenvalue weighted by Gasteiger charge is -2.04. The molecule has 0 bridgehead atoms. The topological polar surface area (TPSA) is 64.0 Å². The Kier molecular flexibility index (Phi) is 3.74. The maximum atomic E-state index is 11.7. The fourth-order valence-corrected chi connectivity index (χ4v) is 1.49. The number of ketones is 1. The Hall–Kier alpha value is -2.14. The fraction of sp³-hybridized carbons (Fsp3) is 0.0833. The number of carbonyl (C=O) groups is 2. The summed E-state index contributed by atoms with van der Waals surface area (Å²) in [6.45, 7) is -0.0708. The third kappa shape index (κ3) is 2.95. The minimum absolute atomic E-state index is 0.0708. The van der Waals surface area contributed by atoms with Crippen molar-refractivity contribution in [3.05, 3.63) is 53.6 Å². The molecule has 2 rings (SSSR count). The highest BCUT2D eigenvalue weighted by Gasteiger charge is 2.08. The van der Waals surface area contributed by atoms with Gasteiger partial charge in [-0.25, -0.2) is 9.78 Å². The van der Waals surface area contributed by atoms with E-state index in [0.29, 0.717) is 10.6 Å². The van der Waals surface area contributed by atoms with Crippen molar-refractivity contribution >= 4 is 23.4 Å². The van der Waals surface area contributed by atoms with Gasteiger partial charge in [-0.1, -0.05) is 11.6 Å². The minimum Gasteiger partial charge on any atom is -0.330 e. The fourth-order valence-electron chi connectivity index (χ4n) is 1.36. The molecule has 1 amide bonds. The first-order valence-electron chi connectivity index (χ1n) is 5.22. The average Bonchev–Trinajstić information content (AvgIpc) is 2.90. The summed E-state index contributed by atoms with van der Waals surface area (Å²) in [5.74, 6) is -0.180. The highest BCUT2D eigenvalue weighted by atomic mass is 35.5. The van der Waals surface area contributed by atoms with Crippen molar-refractivity contribution in [2.45, 2.75) is 0 Å².